The highest BCUT2D eigenvalue weighted by atomic mass is 16.5. The predicted octanol–water partition coefficient (Wildman–Crippen LogP) is 0.153. The molecule has 2 aliphatic rings. The van der Waals surface area contributed by atoms with Gasteiger partial charge in [-0.2, -0.15) is 0 Å². The number of methoxy groups -OCH3 is 1. The van der Waals surface area contributed by atoms with Crippen molar-refractivity contribution in [1.82, 2.24) is 20.2 Å². The van der Waals surface area contributed by atoms with E-state index in [9.17, 15) is 0 Å². The summed E-state index contributed by atoms with van der Waals surface area (Å²) in [4.78, 5) is 3.49. The topological polar surface area (TPSA) is 61.7 Å². The molecule has 7 heteroatoms. The monoisotopic (exact) mass is 400 g/mol. The maximum absolute atomic E-state index is 5.27. The largest absolute Gasteiger partial charge is 0.497 e. The molecule has 0 spiro atoms. The van der Waals surface area contributed by atoms with Gasteiger partial charge in [-0.25, -0.2) is 4.68 Å². The van der Waals surface area contributed by atoms with Crippen molar-refractivity contribution < 1.29 is 14.5 Å². The molecule has 0 radical (unpaired) electrons. The van der Waals surface area contributed by atoms with E-state index in [0.29, 0.717) is 18.5 Å². The molecule has 0 amide bonds. The zero-order valence-electron chi connectivity index (χ0n) is 18.1. The van der Waals surface area contributed by atoms with Crippen molar-refractivity contribution in [3.05, 3.63) is 35.7 Å². The van der Waals surface area contributed by atoms with Crippen LogP contribution in [-0.4, -0.2) is 59.5 Å². The smallest absolute Gasteiger partial charge is 0.209 e. The summed E-state index contributed by atoms with van der Waals surface area (Å²) in [6.07, 6.45) is 5.72. The van der Waals surface area contributed by atoms with Crippen LogP contribution in [-0.2, 0) is 6.54 Å². The first-order valence-corrected chi connectivity index (χ1v) is 11.2. The number of rotatable bonds is 7. The molecule has 29 heavy (non-hydrogen) atoms. The molecule has 1 saturated heterocycles. The Morgan fingerprint density at radius 3 is 2.38 bits per heavy atom. The van der Waals surface area contributed by atoms with Gasteiger partial charge in [0.05, 0.1) is 19.7 Å². The van der Waals surface area contributed by atoms with E-state index in [0.717, 1.165) is 17.6 Å². The van der Waals surface area contributed by atoms with Gasteiger partial charge in [-0.3, -0.25) is 0 Å². The molecule has 158 valence electrons. The van der Waals surface area contributed by atoms with E-state index in [1.165, 1.54) is 57.4 Å². The second-order valence-corrected chi connectivity index (χ2v) is 9.06. The maximum atomic E-state index is 5.27. The Balaban J connectivity index is 1.46. The normalized spacial score (nSPS) is 24.1. The van der Waals surface area contributed by atoms with Gasteiger partial charge in [0.25, 0.3) is 0 Å². The van der Waals surface area contributed by atoms with Crippen molar-refractivity contribution in [2.24, 2.45) is 5.92 Å². The minimum absolute atomic E-state index is 0.341. The third-order valence-electron chi connectivity index (χ3n) is 6.90. The summed E-state index contributed by atoms with van der Waals surface area (Å²) in [6, 6.07) is 9.42. The highest BCUT2D eigenvalue weighted by Crippen LogP contribution is 2.19. The maximum Gasteiger partial charge on any atom is 0.209 e. The molecular formula is C22H36N6O+2. The lowest BCUT2D eigenvalue weighted by molar-refractivity contribution is -1.04. The SMILES string of the molecule is COc1ccc(Cn2nnnc2[C@H](C(C)C)[NH+]2CC[NH+](C3CCCC3)CC2)cc1. The number of aromatic nitrogens is 4. The van der Waals surface area contributed by atoms with Crippen molar-refractivity contribution in [3.63, 3.8) is 0 Å². The first-order valence-electron chi connectivity index (χ1n) is 11.2. The molecule has 1 aromatic carbocycles. The van der Waals surface area contributed by atoms with E-state index >= 15 is 0 Å². The van der Waals surface area contributed by atoms with Crippen LogP contribution in [0.2, 0.25) is 0 Å². The zero-order chi connectivity index (χ0) is 20.2. The average molecular weight is 401 g/mol. The summed E-state index contributed by atoms with van der Waals surface area (Å²) in [5.41, 5.74) is 1.19. The number of ether oxygens (including phenoxy) is 1. The molecule has 2 heterocycles. The Morgan fingerprint density at radius 2 is 1.76 bits per heavy atom. The van der Waals surface area contributed by atoms with E-state index in [1.54, 1.807) is 12.0 Å². The number of benzene rings is 1. The Morgan fingerprint density at radius 1 is 1.07 bits per heavy atom. The van der Waals surface area contributed by atoms with Gasteiger partial charge in [-0.15, -0.1) is 5.10 Å². The van der Waals surface area contributed by atoms with Gasteiger partial charge in [-0.1, -0.05) is 26.0 Å². The number of piperazine rings is 1. The molecule has 2 N–H and O–H groups in total. The van der Waals surface area contributed by atoms with Crippen LogP contribution in [0.15, 0.2) is 24.3 Å². The minimum atomic E-state index is 0.341. The lowest BCUT2D eigenvalue weighted by Crippen LogP contribution is -3.29. The zero-order valence-corrected chi connectivity index (χ0v) is 18.1. The summed E-state index contributed by atoms with van der Waals surface area (Å²) >= 11 is 0. The summed E-state index contributed by atoms with van der Waals surface area (Å²) in [7, 11) is 1.69. The number of nitrogens with zero attached hydrogens (tertiary/aromatic N) is 4. The first kappa shape index (κ1) is 20.3. The number of hydrogen-bond acceptors (Lipinski definition) is 4. The number of hydrogen-bond donors (Lipinski definition) is 2. The second kappa shape index (κ2) is 9.22. The molecule has 1 atom stereocenters. The Kier molecular flexibility index (Phi) is 6.45. The standard InChI is InChI=1S/C22H34N6O/c1-17(2)21(27-14-12-26(13-15-27)19-6-4-5-7-19)22-23-24-25-28(22)16-18-8-10-20(29-3)11-9-18/h8-11,17,19,21H,4-7,12-16H2,1-3H3/p+2/t21-/m0/s1. The summed E-state index contributed by atoms with van der Waals surface area (Å²) in [5.74, 6) is 2.40. The van der Waals surface area contributed by atoms with Gasteiger partial charge in [0.15, 0.2) is 6.04 Å². The Labute approximate surface area is 174 Å². The molecular weight excluding hydrogens is 364 g/mol. The van der Waals surface area contributed by atoms with Crippen molar-refractivity contribution in [2.45, 2.75) is 58.2 Å². The Bertz CT molecular complexity index is 760. The van der Waals surface area contributed by atoms with Gasteiger partial charge in [-0.05, 0) is 53.8 Å². The number of tetrazole rings is 1. The third kappa shape index (κ3) is 4.61. The first-order chi connectivity index (χ1) is 14.2. The van der Waals surface area contributed by atoms with Gasteiger partial charge in [0.1, 0.15) is 31.9 Å². The van der Waals surface area contributed by atoms with Crippen LogP contribution in [0.4, 0.5) is 0 Å². The van der Waals surface area contributed by atoms with Crippen molar-refractivity contribution in [2.75, 3.05) is 33.3 Å². The van der Waals surface area contributed by atoms with E-state index in [4.69, 9.17) is 4.74 Å². The molecule has 2 aromatic rings. The van der Waals surface area contributed by atoms with Gasteiger partial charge in [0.2, 0.25) is 5.82 Å². The molecule has 1 aliphatic heterocycles. The van der Waals surface area contributed by atoms with Crippen molar-refractivity contribution >= 4 is 0 Å². The lowest BCUT2D eigenvalue weighted by atomic mass is 10.00. The van der Waals surface area contributed by atoms with Gasteiger partial charge < -0.3 is 14.5 Å². The van der Waals surface area contributed by atoms with E-state index in [2.05, 4.69) is 41.5 Å². The van der Waals surface area contributed by atoms with Gasteiger partial charge >= 0.3 is 0 Å². The molecule has 1 aromatic heterocycles. The fourth-order valence-electron chi connectivity index (χ4n) is 5.35. The summed E-state index contributed by atoms with van der Waals surface area (Å²) < 4.78 is 7.27. The molecule has 7 nitrogen and oxygen atoms in total. The highest BCUT2D eigenvalue weighted by Gasteiger charge is 2.38. The van der Waals surface area contributed by atoms with Crippen LogP contribution in [0.3, 0.4) is 0 Å². The number of nitrogens with one attached hydrogen (secondary N) is 2. The Hall–Kier alpha value is -1.99. The molecule has 1 aliphatic carbocycles. The van der Waals surface area contributed by atoms with Crippen LogP contribution < -0.4 is 14.5 Å². The summed E-state index contributed by atoms with van der Waals surface area (Å²) in [6.45, 7) is 10.3. The fourth-order valence-corrected chi connectivity index (χ4v) is 5.35. The number of quaternary nitrogens is 2. The van der Waals surface area contributed by atoms with E-state index < -0.39 is 0 Å². The average Bonchev–Trinajstić information content (AvgIpc) is 3.42. The molecule has 2 fully saturated rings. The van der Waals surface area contributed by atoms with Crippen LogP contribution in [0, 0.1) is 5.92 Å². The fraction of sp³-hybridized carbons (Fsp3) is 0.682. The van der Waals surface area contributed by atoms with Gasteiger partial charge in [0, 0.05) is 5.92 Å². The lowest BCUT2D eigenvalue weighted by Gasteiger charge is -2.37. The predicted molar refractivity (Wildman–Crippen MR) is 111 cm³/mol. The van der Waals surface area contributed by atoms with Crippen LogP contribution in [0.25, 0.3) is 0 Å². The quantitative estimate of drug-likeness (QED) is 0.695. The minimum Gasteiger partial charge on any atom is -0.497 e. The van der Waals surface area contributed by atoms with Crippen LogP contribution in [0.1, 0.15) is 57.0 Å². The summed E-state index contributed by atoms with van der Waals surface area (Å²) in [5, 5.41) is 12.9. The third-order valence-corrected chi connectivity index (χ3v) is 6.90. The van der Waals surface area contributed by atoms with E-state index in [-0.39, 0.29) is 0 Å². The molecule has 4 rings (SSSR count). The molecule has 0 bridgehead atoms. The highest BCUT2D eigenvalue weighted by molar-refractivity contribution is 5.27. The van der Waals surface area contributed by atoms with Crippen molar-refractivity contribution in [3.8, 4) is 5.75 Å². The van der Waals surface area contributed by atoms with Crippen LogP contribution in [0.5, 0.6) is 5.75 Å². The van der Waals surface area contributed by atoms with E-state index in [1.807, 2.05) is 21.7 Å². The second-order valence-electron chi connectivity index (χ2n) is 9.06. The molecule has 1 saturated carbocycles. The van der Waals surface area contributed by atoms with Crippen LogP contribution >= 0.6 is 0 Å². The van der Waals surface area contributed by atoms with Crippen molar-refractivity contribution in [1.29, 1.82) is 0 Å². The molecule has 0 unspecified atom stereocenters.